The summed E-state index contributed by atoms with van der Waals surface area (Å²) in [6.45, 7) is 2.13. The molecule has 0 unspecified atom stereocenters. The highest BCUT2D eigenvalue weighted by atomic mass is 32.2. The smallest absolute Gasteiger partial charge is 0.288 e. The zero-order chi connectivity index (χ0) is 14.8. The molecular formula is C12H14N4O3S2. The lowest BCUT2D eigenvalue weighted by atomic mass is 10.3. The van der Waals surface area contributed by atoms with Gasteiger partial charge in [0.05, 0.1) is 18.7 Å². The van der Waals surface area contributed by atoms with Crippen molar-refractivity contribution in [3.8, 4) is 0 Å². The largest absolute Gasteiger partial charge is 0.354 e. The lowest BCUT2D eigenvalue weighted by Crippen LogP contribution is -2.38. The lowest BCUT2D eigenvalue weighted by Gasteiger charge is -2.17. The Balaban J connectivity index is 1.42. The molecule has 1 fully saturated rings. The second kappa shape index (κ2) is 6.10. The van der Waals surface area contributed by atoms with E-state index in [1.165, 1.54) is 4.90 Å². The molecule has 0 saturated carbocycles. The second-order valence-corrected chi connectivity index (χ2v) is 6.43. The topological polar surface area (TPSA) is 82.1 Å². The molecule has 21 heavy (non-hydrogen) atoms. The van der Waals surface area contributed by atoms with Gasteiger partial charge >= 0.3 is 0 Å². The van der Waals surface area contributed by atoms with Crippen LogP contribution in [-0.4, -0.2) is 64.0 Å². The molecule has 0 aromatic heterocycles. The first-order valence-corrected chi connectivity index (χ1v) is 8.43. The van der Waals surface area contributed by atoms with Gasteiger partial charge in [-0.2, -0.15) is 0 Å². The van der Waals surface area contributed by atoms with E-state index in [-0.39, 0.29) is 35.9 Å². The molecule has 3 amide bonds. The maximum atomic E-state index is 11.9. The van der Waals surface area contributed by atoms with Crippen LogP contribution < -0.4 is 5.32 Å². The Kier molecular flexibility index (Phi) is 4.20. The summed E-state index contributed by atoms with van der Waals surface area (Å²) in [4.78, 5) is 42.3. The van der Waals surface area contributed by atoms with E-state index in [9.17, 15) is 14.4 Å². The summed E-state index contributed by atoms with van der Waals surface area (Å²) in [6, 6.07) is 0. The maximum Gasteiger partial charge on any atom is 0.288 e. The monoisotopic (exact) mass is 326 g/mol. The average molecular weight is 326 g/mol. The van der Waals surface area contributed by atoms with Crippen LogP contribution in [0.3, 0.4) is 0 Å². The summed E-state index contributed by atoms with van der Waals surface area (Å²) in [5, 5.41) is 5.42. The van der Waals surface area contributed by atoms with E-state index in [1.54, 1.807) is 11.8 Å². The van der Waals surface area contributed by atoms with E-state index in [1.807, 2.05) is 5.41 Å². The number of aliphatic imine (C=N–C) groups is 1. The van der Waals surface area contributed by atoms with Crippen LogP contribution in [0.1, 0.15) is 6.42 Å². The molecule has 1 saturated heterocycles. The summed E-state index contributed by atoms with van der Waals surface area (Å²) < 4.78 is 0. The van der Waals surface area contributed by atoms with Gasteiger partial charge in [0.25, 0.3) is 5.24 Å². The van der Waals surface area contributed by atoms with Crippen molar-refractivity contribution in [2.45, 2.75) is 6.42 Å². The van der Waals surface area contributed by atoms with Gasteiger partial charge in [0, 0.05) is 25.3 Å². The Hall–Kier alpha value is -1.48. The number of hydrogen-bond donors (Lipinski definition) is 1. The van der Waals surface area contributed by atoms with E-state index in [0.29, 0.717) is 6.42 Å². The van der Waals surface area contributed by atoms with Gasteiger partial charge in [0.15, 0.2) is 5.17 Å². The van der Waals surface area contributed by atoms with Crippen LogP contribution in [0.2, 0.25) is 0 Å². The normalized spacial score (nSPS) is 20.8. The van der Waals surface area contributed by atoms with Crippen molar-refractivity contribution >= 4 is 45.7 Å². The van der Waals surface area contributed by atoms with Crippen molar-refractivity contribution in [2.75, 3.05) is 31.9 Å². The van der Waals surface area contributed by atoms with Gasteiger partial charge in [-0.15, -0.1) is 0 Å². The molecule has 9 heteroatoms. The Bertz CT molecular complexity index is 545. The number of carbonyl (C=O) groups excluding carboxylic acids is 3. The number of carbonyl (C=O) groups is 3. The van der Waals surface area contributed by atoms with Gasteiger partial charge < -0.3 is 10.2 Å². The van der Waals surface area contributed by atoms with Crippen LogP contribution >= 0.6 is 23.5 Å². The lowest BCUT2D eigenvalue weighted by molar-refractivity contribution is -0.125. The van der Waals surface area contributed by atoms with Gasteiger partial charge in [-0.1, -0.05) is 23.5 Å². The molecule has 7 nitrogen and oxygen atoms in total. The molecule has 112 valence electrons. The molecule has 3 rings (SSSR count). The molecule has 0 bridgehead atoms. The third kappa shape index (κ3) is 3.08. The highest BCUT2D eigenvalue weighted by Gasteiger charge is 2.30. The fraction of sp³-hybridized carbons (Fsp3) is 0.500. The minimum Gasteiger partial charge on any atom is -0.354 e. The fourth-order valence-corrected chi connectivity index (χ4v) is 3.95. The van der Waals surface area contributed by atoms with Gasteiger partial charge in [-0.05, 0) is 5.41 Å². The second-order valence-electron chi connectivity index (χ2n) is 4.67. The van der Waals surface area contributed by atoms with Crippen LogP contribution in [0.15, 0.2) is 16.1 Å². The van der Waals surface area contributed by atoms with E-state index < -0.39 is 0 Å². The quantitative estimate of drug-likeness (QED) is 0.790. The number of amidine groups is 1. The predicted octanol–water partition coefficient (Wildman–Crippen LogP) is 0.448. The standard InChI is InChI=1S/C12H14N4O3S2/c17-9(5-8-6-20-11-14-2-3-15(8)11)13-1-4-16-10(18)7-21-12(16)19/h6H,1-5,7H2,(H,13,17). The summed E-state index contributed by atoms with van der Waals surface area (Å²) >= 11 is 2.54. The zero-order valence-electron chi connectivity index (χ0n) is 11.2. The number of amides is 3. The molecule has 3 heterocycles. The van der Waals surface area contributed by atoms with Crippen molar-refractivity contribution in [1.82, 2.24) is 15.1 Å². The van der Waals surface area contributed by atoms with Crippen LogP contribution in [0, 0.1) is 0 Å². The van der Waals surface area contributed by atoms with Crippen molar-refractivity contribution in [1.29, 1.82) is 0 Å². The molecule has 0 aliphatic carbocycles. The van der Waals surface area contributed by atoms with Crippen molar-refractivity contribution < 1.29 is 14.4 Å². The highest BCUT2D eigenvalue weighted by molar-refractivity contribution is 8.16. The number of thioether (sulfide) groups is 2. The van der Waals surface area contributed by atoms with Gasteiger partial charge in [0.1, 0.15) is 0 Å². The molecule has 1 N–H and O–H groups in total. The van der Waals surface area contributed by atoms with Gasteiger partial charge in [-0.3, -0.25) is 24.3 Å². The van der Waals surface area contributed by atoms with Crippen molar-refractivity contribution in [3.05, 3.63) is 11.1 Å². The Morgan fingerprint density at radius 2 is 2.29 bits per heavy atom. The van der Waals surface area contributed by atoms with Crippen molar-refractivity contribution in [3.63, 3.8) is 0 Å². The van der Waals surface area contributed by atoms with Crippen LogP contribution in [0.5, 0.6) is 0 Å². The molecule has 0 aromatic rings. The number of imide groups is 1. The summed E-state index contributed by atoms with van der Waals surface area (Å²) in [7, 11) is 0. The number of rotatable bonds is 5. The highest BCUT2D eigenvalue weighted by Crippen LogP contribution is 2.30. The molecule has 0 aromatic carbocycles. The SMILES string of the molecule is O=C(CC1=CSC2=NCCN12)NCCN1C(=O)CSC1=O. The predicted molar refractivity (Wildman–Crippen MR) is 81.9 cm³/mol. The number of nitrogens with one attached hydrogen (secondary N) is 1. The number of hydrogen-bond acceptors (Lipinski definition) is 7. The Morgan fingerprint density at radius 3 is 3.05 bits per heavy atom. The van der Waals surface area contributed by atoms with Gasteiger partial charge in [-0.25, -0.2) is 0 Å². The average Bonchev–Trinajstić information content (AvgIpc) is 3.12. The Morgan fingerprint density at radius 1 is 1.43 bits per heavy atom. The van der Waals surface area contributed by atoms with E-state index in [0.717, 1.165) is 35.7 Å². The molecule has 0 spiro atoms. The minimum atomic E-state index is -0.234. The summed E-state index contributed by atoms with van der Waals surface area (Å²) in [6.07, 6.45) is 0.294. The molecule has 0 atom stereocenters. The molecule has 3 aliphatic heterocycles. The summed E-state index contributed by atoms with van der Waals surface area (Å²) in [5.41, 5.74) is 0.956. The zero-order valence-corrected chi connectivity index (χ0v) is 12.8. The minimum absolute atomic E-state index is 0.109. The number of nitrogens with zero attached hydrogens (tertiary/aromatic N) is 3. The third-order valence-electron chi connectivity index (χ3n) is 3.29. The third-order valence-corrected chi connectivity index (χ3v) is 5.10. The maximum absolute atomic E-state index is 11.9. The first-order valence-electron chi connectivity index (χ1n) is 6.56. The molecular weight excluding hydrogens is 312 g/mol. The van der Waals surface area contributed by atoms with E-state index in [4.69, 9.17) is 0 Å². The molecule has 3 aliphatic rings. The van der Waals surface area contributed by atoms with Gasteiger partial charge in [0.2, 0.25) is 11.8 Å². The van der Waals surface area contributed by atoms with Crippen LogP contribution in [0.4, 0.5) is 4.79 Å². The van der Waals surface area contributed by atoms with Crippen molar-refractivity contribution in [2.24, 2.45) is 4.99 Å². The molecule has 0 radical (unpaired) electrons. The summed E-state index contributed by atoms with van der Waals surface area (Å²) in [5.74, 6) is -0.0950. The first kappa shape index (κ1) is 14.5. The first-order chi connectivity index (χ1) is 10.1. The van der Waals surface area contributed by atoms with Crippen LogP contribution in [0.25, 0.3) is 0 Å². The Labute approximate surface area is 130 Å². The fourth-order valence-electron chi connectivity index (χ4n) is 2.25. The van der Waals surface area contributed by atoms with E-state index >= 15 is 0 Å². The van der Waals surface area contributed by atoms with Crippen LogP contribution in [-0.2, 0) is 9.59 Å². The number of fused-ring (bicyclic) bond motifs is 1. The van der Waals surface area contributed by atoms with E-state index in [2.05, 4.69) is 15.2 Å².